The summed E-state index contributed by atoms with van der Waals surface area (Å²) in [5, 5.41) is 0. The van der Waals surface area contributed by atoms with E-state index in [1.807, 2.05) is 0 Å². The van der Waals surface area contributed by atoms with Crippen LogP contribution in [0, 0.1) is 11.8 Å². The predicted octanol–water partition coefficient (Wildman–Crippen LogP) is 3.16. The van der Waals surface area contributed by atoms with Crippen molar-refractivity contribution in [3.05, 3.63) is 0 Å². The summed E-state index contributed by atoms with van der Waals surface area (Å²) in [6.07, 6.45) is 9.09. The maximum Gasteiger partial charge on any atom is 0.0718 e. The second-order valence-corrected chi connectivity index (χ2v) is 5.96. The van der Waals surface area contributed by atoms with Gasteiger partial charge in [-0.05, 0) is 50.4 Å². The van der Waals surface area contributed by atoms with Crippen LogP contribution >= 0.6 is 22.6 Å². The van der Waals surface area contributed by atoms with Gasteiger partial charge in [-0.25, -0.2) is 0 Å². The minimum absolute atomic E-state index is 0.374. The lowest BCUT2D eigenvalue weighted by atomic mass is 9.82. The fourth-order valence-electron chi connectivity index (χ4n) is 3.81. The molecule has 2 bridgehead atoms. The van der Waals surface area contributed by atoms with Gasteiger partial charge in [0, 0.05) is 4.43 Å². The van der Waals surface area contributed by atoms with E-state index in [9.17, 15) is 0 Å². The van der Waals surface area contributed by atoms with E-state index in [4.69, 9.17) is 4.74 Å². The second kappa shape index (κ2) is 3.09. The molecule has 0 N–H and O–H groups in total. The Kier molecular flexibility index (Phi) is 2.13. The summed E-state index contributed by atoms with van der Waals surface area (Å²) in [5.74, 6) is 1.96. The molecule has 1 heterocycles. The smallest absolute Gasteiger partial charge is 0.0718 e. The van der Waals surface area contributed by atoms with Gasteiger partial charge in [-0.1, -0.05) is 22.6 Å². The van der Waals surface area contributed by atoms with Crippen LogP contribution in [0.2, 0.25) is 0 Å². The lowest BCUT2D eigenvalue weighted by molar-refractivity contribution is -0.0675. The molecule has 2 heteroatoms. The predicted molar refractivity (Wildman–Crippen MR) is 61.2 cm³/mol. The maximum atomic E-state index is 6.29. The van der Waals surface area contributed by atoms with E-state index in [1.54, 1.807) is 0 Å². The van der Waals surface area contributed by atoms with Crippen molar-refractivity contribution in [2.45, 2.75) is 50.2 Å². The Morgan fingerprint density at radius 2 is 2.23 bits per heavy atom. The van der Waals surface area contributed by atoms with E-state index in [-0.39, 0.29) is 0 Å². The minimum atomic E-state index is 0.374. The van der Waals surface area contributed by atoms with E-state index in [0.717, 1.165) is 11.8 Å². The summed E-state index contributed by atoms with van der Waals surface area (Å²) < 4.78 is 7.48. The minimum Gasteiger partial charge on any atom is -0.371 e. The molecule has 3 aliphatic rings. The van der Waals surface area contributed by atoms with Crippen LogP contribution in [0.5, 0.6) is 0 Å². The van der Waals surface area contributed by atoms with E-state index >= 15 is 0 Å². The van der Waals surface area contributed by atoms with Crippen LogP contribution in [0.25, 0.3) is 0 Å². The first-order chi connectivity index (χ1) is 6.32. The highest BCUT2D eigenvalue weighted by Crippen LogP contribution is 2.57. The molecule has 1 aliphatic heterocycles. The summed E-state index contributed by atoms with van der Waals surface area (Å²) in [5.41, 5.74) is 0.374. The Balaban J connectivity index is 1.77. The van der Waals surface area contributed by atoms with E-state index in [2.05, 4.69) is 22.6 Å². The fraction of sp³-hybridized carbons (Fsp3) is 1.00. The molecule has 0 amide bonds. The van der Waals surface area contributed by atoms with E-state index in [1.165, 1.54) is 43.0 Å². The van der Waals surface area contributed by atoms with Gasteiger partial charge in [0.1, 0.15) is 0 Å². The molecule has 74 valence electrons. The monoisotopic (exact) mass is 292 g/mol. The summed E-state index contributed by atoms with van der Waals surface area (Å²) in [4.78, 5) is 0. The lowest BCUT2D eigenvalue weighted by Gasteiger charge is -2.33. The number of hydrogen-bond donors (Lipinski definition) is 0. The molecule has 3 rings (SSSR count). The zero-order valence-electron chi connectivity index (χ0n) is 7.97. The molecular formula is C11H17IO. The van der Waals surface area contributed by atoms with Gasteiger partial charge in [0.25, 0.3) is 0 Å². The Bertz CT molecular complexity index is 218. The number of alkyl halides is 1. The average molecular weight is 292 g/mol. The Hall–Kier alpha value is 0.690. The largest absolute Gasteiger partial charge is 0.371 e. The van der Waals surface area contributed by atoms with Crippen molar-refractivity contribution in [3.8, 4) is 0 Å². The highest BCUT2D eigenvalue weighted by atomic mass is 127. The maximum absolute atomic E-state index is 6.29. The molecular weight excluding hydrogens is 275 g/mol. The Labute approximate surface area is 93.7 Å². The van der Waals surface area contributed by atoms with Crippen molar-refractivity contribution in [2.24, 2.45) is 11.8 Å². The van der Waals surface area contributed by atoms with Crippen LogP contribution < -0.4 is 0 Å². The number of halogens is 1. The van der Waals surface area contributed by atoms with Crippen molar-refractivity contribution < 1.29 is 4.74 Å². The number of ether oxygens (including phenoxy) is 1. The first kappa shape index (κ1) is 8.96. The highest BCUT2D eigenvalue weighted by Gasteiger charge is 2.54. The molecule has 13 heavy (non-hydrogen) atoms. The molecule has 1 spiro atoms. The van der Waals surface area contributed by atoms with Crippen molar-refractivity contribution in [1.29, 1.82) is 0 Å². The molecule has 1 saturated heterocycles. The van der Waals surface area contributed by atoms with Gasteiger partial charge in [-0.2, -0.15) is 0 Å². The molecule has 4 unspecified atom stereocenters. The molecule has 0 radical (unpaired) electrons. The van der Waals surface area contributed by atoms with Crippen LogP contribution in [0.15, 0.2) is 0 Å². The molecule has 0 aromatic rings. The molecule has 1 nitrogen and oxygen atoms in total. The number of rotatable bonds is 1. The summed E-state index contributed by atoms with van der Waals surface area (Å²) in [6.45, 7) is 0. The third-order valence-electron chi connectivity index (χ3n) is 4.38. The summed E-state index contributed by atoms with van der Waals surface area (Å²) in [6, 6.07) is 0. The summed E-state index contributed by atoms with van der Waals surface area (Å²) >= 11 is 2.46. The molecule has 3 fully saturated rings. The van der Waals surface area contributed by atoms with Crippen molar-refractivity contribution in [1.82, 2.24) is 0 Å². The van der Waals surface area contributed by atoms with Crippen LogP contribution in [-0.4, -0.2) is 16.1 Å². The van der Waals surface area contributed by atoms with E-state index < -0.39 is 0 Å². The normalized spacial score (nSPS) is 53.8. The molecule has 2 saturated carbocycles. The van der Waals surface area contributed by atoms with Gasteiger partial charge in [-0.3, -0.25) is 0 Å². The zero-order valence-corrected chi connectivity index (χ0v) is 10.1. The van der Waals surface area contributed by atoms with E-state index in [0.29, 0.717) is 11.7 Å². The van der Waals surface area contributed by atoms with Gasteiger partial charge in [-0.15, -0.1) is 0 Å². The van der Waals surface area contributed by atoms with Gasteiger partial charge in [0.15, 0.2) is 0 Å². The van der Waals surface area contributed by atoms with Gasteiger partial charge in [0.05, 0.1) is 11.7 Å². The average Bonchev–Trinajstić information content (AvgIpc) is 2.80. The zero-order chi connectivity index (χ0) is 8.89. The van der Waals surface area contributed by atoms with Crippen LogP contribution in [-0.2, 0) is 4.74 Å². The first-order valence-corrected chi connectivity index (χ1v) is 7.09. The summed E-state index contributed by atoms with van der Waals surface area (Å²) in [7, 11) is 0. The van der Waals surface area contributed by atoms with Gasteiger partial charge in [0.2, 0.25) is 0 Å². The first-order valence-electron chi connectivity index (χ1n) is 5.56. The number of fused-ring (bicyclic) bond motifs is 3. The fourth-order valence-corrected chi connectivity index (χ4v) is 4.43. The van der Waals surface area contributed by atoms with Gasteiger partial charge < -0.3 is 4.74 Å². The quantitative estimate of drug-likeness (QED) is 0.533. The van der Waals surface area contributed by atoms with Crippen molar-refractivity contribution in [2.75, 3.05) is 4.43 Å². The van der Waals surface area contributed by atoms with Gasteiger partial charge >= 0.3 is 0 Å². The van der Waals surface area contributed by atoms with Crippen LogP contribution in [0.1, 0.15) is 38.5 Å². The SMILES string of the molecule is ICC1CCC2(CC3CCC2C3)O1. The standard InChI is InChI=1S/C11H17IO/c12-7-10-3-4-11(13-10)6-8-1-2-9(11)5-8/h8-10H,1-7H2. The van der Waals surface area contributed by atoms with Crippen LogP contribution in [0.3, 0.4) is 0 Å². The molecule has 2 aliphatic carbocycles. The molecule has 0 aromatic heterocycles. The molecule has 4 atom stereocenters. The third kappa shape index (κ3) is 1.28. The van der Waals surface area contributed by atoms with Crippen molar-refractivity contribution >= 4 is 22.6 Å². The third-order valence-corrected chi connectivity index (χ3v) is 5.36. The Morgan fingerprint density at radius 1 is 1.31 bits per heavy atom. The molecule has 0 aromatic carbocycles. The van der Waals surface area contributed by atoms with Crippen LogP contribution in [0.4, 0.5) is 0 Å². The highest BCUT2D eigenvalue weighted by molar-refractivity contribution is 14.1. The Morgan fingerprint density at radius 3 is 2.77 bits per heavy atom. The number of hydrogen-bond acceptors (Lipinski definition) is 1. The topological polar surface area (TPSA) is 9.23 Å². The second-order valence-electron chi connectivity index (χ2n) is 5.08. The lowest BCUT2D eigenvalue weighted by Crippen LogP contribution is -2.35. The van der Waals surface area contributed by atoms with Crippen molar-refractivity contribution in [3.63, 3.8) is 0 Å².